The summed E-state index contributed by atoms with van der Waals surface area (Å²) >= 11 is 0. The van der Waals surface area contributed by atoms with Gasteiger partial charge in [0.2, 0.25) is 0 Å². The third kappa shape index (κ3) is 9.95. The summed E-state index contributed by atoms with van der Waals surface area (Å²) in [7, 11) is 5.90. The molecule has 0 amide bonds. The molecule has 0 saturated carbocycles. The van der Waals surface area contributed by atoms with Gasteiger partial charge in [-0.1, -0.05) is 95.0 Å². The van der Waals surface area contributed by atoms with Crippen LogP contribution in [0.2, 0.25) is 0 Å². The van der Waals surface area contributed by atoms with E-state index in [0.717, 1.165) is 19.3 Å². The molecule has 1 aromatic rings. The van der Waals surface area contributed by atoms with E-state index in [2.05, 4.69) is 19.1 Å². The molecule has 0 aliphatic carbocycles. The van der Waals surface area contributed by atoms with Crippen LogP contribution in [-0.2, 0) is 11.2 Å². The molecule has 2 unspecified atom stereocenters. The first-order chi connectivity index (χ1) is 12.9. The third-order valence-corrected chi connectivity index (χ3v) is 5.54. The Hall–Kier alpha value is -1.35. The fourth-order valence-electron chi connectivity index (χ4n) is 4.15. The van der Waals surface area contributed by atoms with E-state index in [1.54, 1.807) is 0 Å². The zero-order valence-corrected chi connectivity index (χ0v) is 18.1. The van der Waals surface area contributed by atoms with Crippen molar-refractivity contribution in [2.45, 2.75) is 83.6 Å². The lowest BCUT2D eigenvalue weighted by atomic mass is 9.86. The molecule has 1 aromatic carbocycles. The minimum atomic E-state index is -0.917. The largest absolute Gasteiger partial charge is 0.544 e. The maximum atomic E-state index is 11.9. The van der Waals surface area contributed by atoms with Crippen LogP contribution in [0.5, 0.6) is 0 Å². The SMILES string of the molecule is CCCCCCCCCCCC(Cc1ccccc1)C(C(=O)[O-])[N+](C)(C)C. The average Bonchev–Trinajstić information content (AvgIpc) is 2.59. The number of hydrogen-bond acceptors (Lipinski definition) is 2. The van der Waals surface area contributed by atoms with E-state index in [-0.39, 0.29) is 5.92 Å². The molecule has 0 spiro atoms. The van der Waals surface area contributed by atoms with Gasteiger partial charge in [0.1, 0.15) is 6.04 Å². The number of carboxylic acids is 1. The van der Waals surface area contributed by atoms with E-state index in [4.69, 9.17) is 0 Å². The minimum absolute atomic E-state index is 0.113. The van der Waals surface area contributed by atoms with Crippen molar-refractivity contribution in [2.75, 3.05) is 21.1 Å². The van der Waals surface area contributed by atoms with Gasteiger partial charge in [0.05, 0.1) is 27.1 Å². The van der Waals surface area contributed by atoms with E-state index in [1.807, 2.05) is 39.3 Å². The minimum Gasteiger partial charge on any atom is -0.544 e. The van der Waals surface area contributed by atoms with Crippen molar-refractivity contribution in [3.05, 3.63) is 35.9 Å². The van der Waals surface area contributed by atoms with Gasteiger partial charge in [-0.05, 0) is 18.4 Å². The Balaban J connectivity index is 2.53. The number of nitrogens with zero attached hydrogens (tertiary/aromatic N) is 1. The average molecular weight is 376 g/mol. The fourth-order valence-corrected chi connectivity index (χ4v) is 4.15. The Labute approximate surface area is 167 Å². The molecule has 3 heteroatoms. The number of hydrogen-bond donors (Lipinski definition) is 0. The lowest BCUT2D eigenvalue weighted by molar-refractivity contribution is -0.893. The van der Waals surface area contributed by atoms with Crippen LogP contribution in [0.1, 0.15) is 76.7 Å². The summed E-state index contributed by atoms with van der Waals surface area (Å²) in [5, 5.41) is 11.9. The first-order valence-corrected chi connectivity index (χ1v) is 10.9. The number of carboxylic acid groups (broad SMARTS) is 1. The Morgan fingerprint density at radius 3 is 1.89 bits per heavy atom. The van der Waals surface area contributed by atoms with Crippen LogP contribution in [0.4, 0.5) is 0 Å². The molecule has 0 aliphatic rings. The predicted octanol–water partition coefficient (Wildman–Crippen LogP) is 4.59. The van der Waals surface area contributed by atoms with E-state index >= 15 is 0 Å². The molecule has 1 rings (SSSR count). The van der Waals surface area contributed by atoms with Crippen LogP contribution in [-0.4, -0.2) is 37.6 Å². The highest BCUT2D eigenvalue weighted by molar-refractivity contribution is 5.70. The van der Waals surface area contributed by atoms with Crippen LogP contribution in [0, 0.1) is 5.92 Å². The molecule has 3 nitrogen and oxygen atoms in total. The number of quaternary nitrogens is 1. The van der Waals surface area contributed by atoms with Gasteiger partial charge in [-0.2, -0.15) is 0 Å². The fraction of sp³-hybridized carbons (Fsp3) is 0.708. The normalized spacial score (nSPS) is 14.1. The summed E-state index contributed by atoms with van der Waals surface area (Å²) in [5.74, 6) is -0.804. The van der Waals surface area contributed by atoms with Gasteiger partial charge >= 0.3 is 0 Å². The van der Waals surface area contributed by atoms with Crippen LogP contribution in [0.15, 0.2) is 30.3 Å². The highest BCUT2D eigenvalue weighted by Gasteiger charge is 2.33. The number of rotatable bonds is 15. The number of carbonyl (C=O) groups excluding carboxylic acids is 1. The van der Waals surface area contributed by atoms with E-state index in [0.29, 0.717) is 4.48 Å². The molecule has 0 radical (unpaired) electrons. The molecular formula is C24H41NO2. The zero-order valence-electron chi connectivity index (χ0n) is 18.1. The summed E-state index contributed by atoms with van der Waals surface area (Å²) in [4.78, 5) is 11.9. The predicted molar refractivity (Wildman–Crippen MR) is 112 cm³/mol. The van der Waals surface area contributed by atoms with Crippen LogP contribution in [0.25, 0.3) is 0 Å². The molecular weight excluding hydrogens is 334 g/mol. The van der Waals surface area contributed by atoms with Gasteiger partial charge in [0.15, 0.2) is 0 Å². The van der Waals surface area contributed by atoms with E-state index < -0.39 is 12.0 Å². The Morgan fingerprint density at radius 2 is 1.41 bits per heavy atom. The highest BCUT2D eigenvalue weighted by atomic mass is 16.4. The second-order valence-electron chi connectivity index (χ2n) is 8.95. The van der Waals surface area contributed by atoms with Crippen molar-refractivity contribution in [2.24, 2.45) is 5.92 Å². The summed E-state index contributed by atoms with van der Waals surface area (Å²) in [6.07, 6.45) is 13.4. The van der Waals surface area contributed by atoms with Crippen LogP contribution < -0.4 is 5.11 Å². The first kappa shape index (κ1) is 23.7. The quantitative estimate of drug-likeness (QED) is 0.332. The van der Waals surface area contributed by atoms with Crippen molar-refractivity contribution in [1.29, 1.82) is 0 Å². The summed E-state index contributed by atoms with van der Waals surface area (Å²) in [6, 6.07) is 9.81. The summed E-state index contributed by atoms with van der Waals surface area (Å²) < 4.78 is 0.414. The monoisotopic (exact) mass is 375 g/mol. The van der Waals surface area contributed by atoms with Gasteiger partial charge in [0.25, 0.3) is 0 Å². The summed E-state index contributed by atoms with van der Waals surface area (Å²) in [5.41, 5.74) is 1.22. The molecule has 0 fully saturated rings. The maximum Gasteiger partial charge on any atom is 0.132 e. The second-order valence-corrected chi connectivity index (χ2v) is 8.95. The molecule has 0 saturated heterocycles. The van der Waals surface area contributed by atoms with E-state index in [9.17, 15) is 9.90 Å². The van der Waals surface area contributed by atoms with Crippen molar-refractivity contribution in [3.8, 4) is 0 Å². The molecule has 0 bridgehead atoms. The van der Waals surface area contributed by atoms with Gasteiger partial charge in [-0.3, -0.25) is 0 Å². The van der Waals surface area contributed by atoms with Crippen LogP contribution in [0.3, 0.4) is 0 Å². The van der Waals surface area contributed by atoms with Gasteiger partial charge < -0.3 is 14.4 Å². The van der Waals surface area contributed by atoms with E-state index in [1.165, 1.54) is 56.9 Å². The molecule has 0 aromatic heterocycles. The maximum absolute atomic E-state index is 11.9. The number of unbranched alkanes of at least 4 members (excludes halogenated alkanes) is 8. The molecule has 154 valence electrons. The molecule has 2 atom stereocenters. The number of likely N-dealkylation sites (N-methyl/N-ethyl adjacent to an activating group) is 1. The Kier molecular flexibility index (Phi) is 11.3. The topological polar surface area (TPSA) is 40.1 Å². The summed E-state index contributed by atoms with van der Waals surface area (Å²) in [6.45, 7) is 2.25. The van der Waals surface area contributed by atoms with Gasteiger partial charge in [-0.25, -0.2) is 0 Å². The number of aliphatic carboxylic acids is 1. The lowest BCUT2D eigenvalue weighted by Crippen LogP contribution is -2.58. The zero-order chi connectivity index (χ0) is 20.1. The molecule has 0 heterocycles. The Morgan fingerprint density at radius 1 is 0.889 bits per heavy atom. The molecule has 0 aliphatic heterocycles. The number of carbonyl (C=O) groups is 1. The van der Waals surface area contributed by atoms with Crippen molar-refractivity contribution in [1.82, 2.24) is 0 Å². The third-order valence-electron chi connectivity index (χ3n) is 5.54. The molecule has 27 heavy (non-hydrogen) atoms. The lowest BCUT2D eigenvalue weighted by Gasteiger charge is -2.40. The van der Waals surface area contributed by atoms with Gasteiger partial charge in [-0.15, -0.1) is 0 Å². The van der Waals surface area contributed by atoms with Gasteiger partial charge in [0, 0.05) is 5.92 Å². The standard InChI is InChI=1S/C24H41NO2/c1-5-6-7-8-9-10-11-12-16-19-22(20-21-17-14-13-15-18-21)23(24(26)27)25(2,3)4/h13-15,17-18,22-23H,5-12,16,19-20H2,1-4H3. The van der Waals surface area contributed by atoms with Crippen molar-refractivity contribution < 1.29 is 14.4 Å². The number of benzene rings is 1. The first-order valence-electron chi connectivity index (χ1n) is 10.9. The van der Waals surface area contributed by atoms with Crippen molar-refractivity contribution in [3.63, 3.8) is 0 Å². The second kappa shape index (κ2) is 12.9. The van der Waals surface area contributed by atoms with Crippen LogP contribution >= 0.6 is 0 Å². The van der Waals surface area contributed by atoms with Crippen molar-refractivity contribution >= 4 is 5.97 Å². The molecule has 0 N–H and O–H groups in total. The smallest absolute Gasteiger partial charge is 0.132 e. The highest BCUT2D eigenvalue weighted by Crippen LogP contribution is 2.25. The Bertz CT molecular complexity index is 507.